The van der Waals surface area contributed by atoms with Crippen LogP contribution in [0.5, 0.6) is 0 Å². The van der Waals surface area contributed by atoms with Gasteiger partial charge in [-0.3, -0.25) is 52.7 Å². The Labute approximate surface area is 631 Å². The van der Waals surface area contributed by atoms with Crippen LogP contribution in [0, 0.1) is 22.7 Å². The molecule has 0 saturated heterocycles. The number of ether oxygens (including phenoxy) is 1. The zero-order valence-corrected chi connectivity index (χ0v) is 61.2. The number of fused-ring (bicyclic) bond motifs is 2. The van der Waals surface area contributed by atoms with Gasteiger partial charge in [0.2, 0.25) is 30.0 Å². The largest absolute Gasteiger partial charge is 0.446 e. The fourth-order valence-electron chi connectivity index (χ4n) is 13.1. The number of alkyl halides is 3. The molecule has 14 rings (SSSR count). The zero-order valence-electron chi connectivity index (χ0n) is 58.1. The number of carbonyl (C=O) groups excluding carboxylic acids is 8. The molecule has 8 aromatic rings. The van der Waals surface area contributed by atoms with Crippen molar-refractivity contribution in [3.05, 3.63) is 210 Å². The first kappa shape index (κ1) is 75.9. The van der Waals surface area contributed by atoms with Crippen LogP contribution in [0.25, 0.3) is 0 Å². The Bertz CT molecular complexity index is 4980. The van der Waals surface area contributed by atoms with Gasteiger partial charge in [0.25, 0.3) is 23.6 Å². The van der Waals surface area contributed by atoms with Crippen molar-refractivity contribution in [3.8, 4) is 12.1 Å². The molecule has 7 N–H and O–H groups in total. The lowest BCUT2D eigenvalue weighted by molar-refractivity contribution is -0.156. The summed E-state index contributed by atoms with van der Waals surface area (Å²) in [6.07, 6.45) is 4.81. The van der Waals surface area contributed by atoms with E-state index in [9.17, 15) is 57.3 Å². The van der Waals surface area contributed by atoms with Crippen molar-refractivity contribution in [2.24, 2.45) is 5.73 Å². The van der Waals surface area contributed by atoms with E-state index in [0.29, 0.717) is 93.4 Å². The number of amides is 7. The van der Waals surface area contributed by atoms with E-state index in [1.165, 1.54) is 22.2 Å². The highest BCUT2D eigenvalue weighted by Gasteiger charge is 2.60. The Morgan fingerprint density at radius 3 is 1.27 bits per heavy atom. The molecule has 552 valence electrons. The molecule has 32 heteroatoms. The van der Waals surface area contributed by atoms with Crippen molar-refractivity contribution < 1.29 is 56.3 Å². The zero-order chi connectivity index (χ0) is 77.0. The number of carbonyl (C=O) groups is 8. The minimum absolute atomic E-state index is 0.0946. The molecule has 4 aliphatic carbocycles. The van der Waals surface area contributed by atoms with Gasteiger partial charge < -0.3 is 37.1 Å². The van der Waals surface area contributed by atoms with E-state index >= 15 is 0 Å². The highest BCUT2D eigenvalue weighted by atomic mass is 35.5. The molecule has 2 aliphatic heterocycles. The maximum atomic E-state index is 14.4. The van der Waals surface area contributed by atoms with Gasteiger partial charge in [-0.1, -0.05) is 70.7 Å². The number of aldehydes is 1. The first-order chi connectivity index (χ1) is 50.6. The Hall–Kier alpha value is -10.8. The number of hydrogen-bond acceptors (Lipinski definition) is 16. The van der Waals surface area contributed by atoms with E-state index in [0.717, 1.165) is 40.8 Å². The highest BCUT2D eigenvalue weighted by Crippen LogP contribution is 2.51. The van der Waals surface area contributed by atoms with Gasteiger partial charge in [0, 0.05) is 58.4 Å². The molecule has 4 fully saturated rings. The molecule has 4 saturated carbocycles. The number of anilines is 4. The van der Waals surface area contributed by atoms with Gasteiger partial charge >= 0.3 is 12.3 Å². The quantitative estimate of drug-likeness (QED) is 0.0410. The van der Waals surface area contributed by atoms with Gasteiger partial charge in [-0.2, -0.15) is 23.7 Å². The number of aromatic nitrogens is 6. The Kier molecular flexibility index (Phi) is 20.5. The Balaban J connectivity index is 0.000000187. The van der Waals surface area contributed by atoms with Gasteiger partial charge in [0.1, 0.15) is 39.1 Å². The fraction of sp³-hybridized carbons (Fsp3) is 0.333. The van der Waals surface area contributed by atoms with Crippen molar-refractivity contribution in [1.29, 1.82) is 10.5 Å². The minimum Gasteiger partial charge on any atom is -0.444 e. The standard InChI is InChI=1S/C39H38Cl2N8O5.C34H30Cl2N8O3.C2HF3O/c1-36(2,3)54-35(53)45-21-25-9-14-43-30(15-25)38(10-11-38)47-32(51)39(12-13-39)46-31(50)29-22-44-34-48(28-17-26(40)16-27(41)18-28)33(52)37(4,49(29)34)19-23-5-7-24(20-42)8-6-23;1-32(16-20-2-4-21(17-37)5-3-20)30(47)43(25-14-23(35)13-24(36)15-25)31-40-19-26(44(31)32)28(45)41-34(9-10-34)29(46)42-33(7-8-33)27-12-22(18-38)6-11-39-27;3-2(4,5)1-6/h5-9,14-18,22H,10-13,19,21H2,1-4H3,(H,45,53)(H,46,50)(H,47,51);2-6,11-15,19H,7-10,16,18,38H2,1H3,(H,41,45)(H,42,46);1H/t37-;32-;/m11./s1. The maximum Gasteiger partial charge on any atom is 0.446 e. The van der Waals surface area contributed by atoms with Gasteiger partial charge in [0.15, 0.2) is 0 Å². The van der Waals surface area contributed by atoms with E-state index in [-0.39, 0.29) is 66.3 Å². The third kappa shape index (κ3) is 15.9. The summed E-state index contributed by atoms with van der Waals surface area (Å²) in [6.45, 7) is 9.42. The van der Waals surface area contributed by atoms with Crippen molar-refractivity contribution in [2.75, 3.05) is 9.80 Å². The van der Waals surface area contributed by atoms with Gasteiger partial charge in [-0.15, -0.1) is 0 Å². The van der Waals surface area contributed by atoms with Crippen LogP contribution in [0.2, 0.25) is 20.1 Å². The van der Waals surface area contributed by atoms with Crippen molar-refractivity contribution >= 4 is 117 Å². The average molecular weight is 1540 g/mol. The number of benzene rings is 4. The van der Waals surface area contributed by atoms with Crippen LogP contribution in [-0.4, -0.2) is 99.7 Å². The van der Waals surface area contributed by atoms with Crippen LogP contribution in [-0.2, 0) is 76.8 Å². The van der Waals surface area contributed by atoms with Crippen LogP contribution >= 0.6 is 46.4 Å². The van der Waals surface area contributed by atoms with E-state index < -0.39 is 69.2 Å². The minimum atomic E-state index is -4.64. The topological polar surface area (TPSA) is 347 Å². The third-order valence-electron chi connectivity index (χ3n) is 19.3. The van der Waals surface area contributed by atoms with Crippen LogP contribution in [0.1, 0.15) is 152 Å². The summed E-state index contributed by atoms with van der Waals surface area (Å²) in [5, 5.41) is 34.9. The number of hydrogen-bond donors (Lipinski definition) is 6. The molecule has 0 unspecified atom stereocenters. The van der Waals surface area contributed by atoms with Crippen LogP contribution < -0.4 is 42.1 Å². The second-order valence-corrected chi connectivity index (χ2v) is 30.3. The van der Waals surface area contributed by atoms with E-state index in [2.05, 4.69) is 58.7 Å². The molecule has 4 aromatic heterocycles. The van der Waals surface area contributed by atoms with Crippen LogP contribution in [0.15, 0.2) is 134 Å². The van der Waals surface area contributed by atoms with Gasteiger partial charge in [-0.25, -0.2) is 24.6 Å². The molecule has 2 atom stereocenters. The van der Waals surface area contributed by atoms with Gasteiger partial charge in [-0.05, 0) is 193 Å². The van der Waals surface area contributed by atoms with Gasteiger partial charge in [0.05, 0.1) is 69.5 Å². The fourth-order valence-corrected chi connectivity index (χ4v) is 14.1. The lowest BCUT2D eigenvalue weighted by atomic mass is 9.91. The van der Waals surface area contributed by atoms with Crippen molar-refractivity contribution in [3.63, 3.8) is 0 Å². The molecule has 0 spiro atoms. The second kappa shape index (κ2) is 28.9. The molecule has 0 bridgehead atoms. The normalized spacial score (nSPS) is 18.9. The summed E-state index contributed by atoms with van der Waals surface area (Å²) in [5.41, 5.74) is 5.60. The number of pyridine rings is 2. The lowest BCUT2D eigenvalue weighted by Crippen LogP contribution is -2.52. The number of nitrogens with two attached hydrogens (primary N) is 1. The smallest absolute Gasteiger partial charge is 0.444 e. The number of imidazole rings is 2. The molecule has 7 amide bonds. The first-order valence-electron chi connectivity index (χ1n) is 33.8. The number of nitrogens with one attached hydrogen (secondary N) is 5. The average Bonchev–Trinajstić information content (AvgIpc) is 1.56. The predicted octanol–water partition coefficient (Wildman–Crippen LogP) is 11.6. The molecule has 6 aliphatic rings. The number of nitrogens with zero attached hydrogens (tertiary/aromatic N) is 10. The SMILES string of the molecule is CC(C)(C)OC(=O)NCc1ccnc(C2(NC(=O)C3(NC(=O)c4cnc5n4[C@](C)(Cc4ccc(C#N)cc4)C(=O)N5c4cc(Cl)cc(Cl)c4)CC3)CC2)c1.C[C@@]1(Cc2ccc(C#N)cc2)C(=O)N(c2cc(Cl)cc(Cl)c2)c2ncc(C(=O)NC3(C(=O)NC4(c5cc(CN)ccn5)CC4)CC3)n21.O=CC(F)(F)F. The highest BCUT2D eigenvalue weighted by molar-refractivity contribution is 6.36. The number of alkyl carbamates (subject to hydrolysis) is 1. The molecule has 4 aromatic carbocycles. The van der Waals surface area contributed by atoms with Crippen LogP contribution in [0.4, 0.5) is 41.2 Å². The summed E-state index contributed by atoms with van der Waals surface area (Å²) in [4.78, 5) is 126. The maximum absolute atomic E-state index is 14.4. The van der Waals surface area contributed by atoms with Crippen LogP contribution in [0.3, 0.4) is 0 Å². The summed E-state index contributed by atoms with van der Waals surface area (Å²) < 4.78 is 39.8. The van der Waals surface area contributed by atoms with E-state index in [1.54, 1.807) is 147 Å². The number of nitriles is 2. The number of rotatable bonds is 19. The molecule has 25 nitrogen and oxygen atoms in total. The molecule has 6 heterocycles. The van der Waals surface area contributed by atoms with Crippen molar-refractivity contribution in [2.45, 2.75) is 157 Å². The summed E-state index contributed by atoms with van der Waals surface area (Å²) in [6, 6.07) is 34.9. The predicted molar refractivity (Wildman–Crippen MR) is 387 cm³/mol. The second-order valence-electron chi connectivity index (χ2n) is 28.6. The van der Waals surface area contributed by atoms with E-state index in [4.69, 9.17) is 61.7 Å². The number of halogens is 7. The first-order valence-corrected chi connectivity index (χ1v) is 35.3. The molecule has 107 heavy (non-hydrogen) atoms. The monoisotopic (exact) mass is 1530 g/mol. The molecular formula is C75H69Cl4F3N16O9. The van der Waals surface area contributed by atoms with E-state index in [1.807, 2.05) is 18.2 Å². The molecule has 0 radical (unpaired) electrons. The Morgan fingerprint density at radius 1 is 0.561 bits per heavy atom. The Morgan fingerprint density at radius 2 is 0.935 bits per heavy atom. The molecular weight excluding hydrogens is 1470 g/mol. The van der Waals surface area contributed by atoms with Crippen molar-refractivity contribution in [1.82, 2.24) is 55.7 Å². The summed E-state index contributed by atoms with van der Waals surface area (Å²) >= 11 is 25.3. The summed E-state index contributed by atoms with van der Waals surface area (Å²) in [5.74, 6) is -2.02. The third-order valence-corrected chi connectivity index (χ3v) is 20.1. The summed E-state index contributed by atoms with van der Waals surface area (Å²) in [7, 11) is 0. The lowest BCUT2D eigenvalue weighted by Gasteiger charge is -2.27.